The predicted octanol–water partition coefficient (Wildman–Crippen LogP) is 8.45. The number of hydrogen-bond donors (Lipinski definition) is 0. The molecular weight excluding hydrogens is 530 g/mol. The molecule has 2 heterocycles. The van der Waals surface area contributed by atoms with E-state index >= 15 is 0 Å². The van der Waals surface area contributed by atoms with E-state index in [0.29, 0.717) is 11.4 Å². The van der Waals surface area contributed by atoms with Gasteiger partial charge in [0.2, 0.25) is 0 Å². The number of hydrogen-bond acceptors (Lipinski definition) is 4. The summed E-state index contributed by atoms with van der Waals surface area (Å²) in [5.74, 6) is 1.38. The molecule has 43 heavy (non-hydrogen) atoms. The molecule has 0 N–H and O–H groups in total. The highest BCUT2D eigenvalue weighted by Gasteiger charge is 2.14. The lowest BCUT2D eigenvalue weighted by Crippen LogP contribution is -2.23. The molecule has 0 saturated heterocycles. The molecule has 0 spiro atoms. The fourth-order valence-electron chi connectivity index (χ4n) is 5.40. The molecule has 0 unspecified atom stereocenters. The topological polar surface area (TPSA) is 57.0 Å². The lowest BCUT2D eigenvalue weighted by molar-refractivity contribution is 0.415. The highest BCUT2D eigenvalue weighted by molar-refractivity contribution is 6.08. The number of methoxy groups -OCH3 is 1. The standard InChI is InChI=1S/C38H27N3O2/c1-43-32-21-18-27(19-22-32)35-24-29(34-23-20-26-10-8-9-15-33(26)36(34)40-35)16-17-30-25-39-37(28-11-4-2-5-12-28)41(38(30)42)31-13-6-3-7-14-31/h2-25H,1H3/b17-16+. The lowest BCUT2D eigenvalue weighted by Gasteiger charge is -2.13. The van der Waals surface area contributed by atoms with E-state index in [4.69, 9.17) is 14.7 Å². The molecule has 206 valence electrons. The maximum Gasteiger partial charge on any atom is 0.265 e. The largest absolute Gasteiger partial charge is 0.497 e. The van der Waals surface area contributed by atoms with Crippen LogP contribution in [0.3, 0.4) is 0 Å². The Kier molecular flexibility index (Phi) is 6.82. The summed E-state index contributed by atoms with van der Waals surface area (Å²) < 4.78 is 7.04. The Bertz CT molecular complexity index is 2170. The van der Waals surface area contributed by atoms with Crippen LogP contribution >= 0.6 is 0 Å². The van der Waals surface area contributed by atoms with E-state index in [2.05, 4.69) is 30.3 Å². The SMILES string of the molecule is COc1ccc(-c2cc(/C=C/c3cnc(-c4ccccc4)n(-c4ccccc4)c3=O)c3ccc4ccccc4c3n2)cc1. The number of ether oxygens (including phenoxy) is 1. The minimum absolute atomic E-state index is 0.143. The van der Waals surface area contributed by atoms with Crippen molar-refractivity contribution in [3.8, 4) is 34.1 Å². The van der Waals surface area contributed by atoms with Crippen molar-refractivity contribution in [3.05, 3.63) is 155 Å². The van der Waals surface area contributed by atoms with Gasteiger partial charge in [-0.25, -0.2) is 9.97 Å². The Labute approximate surface area is 249 Å². The fourth-order valence-corrected chi connectivity index (χ4v) is 5.40. The molecule has 0 aliphatic rings. The maximum absolute atomic E-state index is 14.0. The van der Waals surface area contributed by atoms with Crippen molar-refractivity contribution in [2.45, 2.75) is 0 Å². The van der Waals surface area contributed by atoms with Gasteiger partial charge in [-0.1, -0.05) is 91.0 Å². The summed E-state index contributed by atoms with van der Waals surface area (Å²) in [5, 5.41) is 3.20. The van der Waals surface area contributed by atoms with Crippen LogP contribution in [0.2, 0.25) is 0 Å². The van der Waals surface area contributed by atoms with E-state index in [0.717, 1.165) is 55.5 Å². The molecule has 2 aromatic heterocycles. The van der Waals surface area contributed by atoms with Gasteiger partial charge in [0.1, 0.15) is 11.6 Å². The maximum atomic E-state index is 14.0. The van der Waals surface area contributed by atoms with Gasteiger partial charge in [0, 0.05) is 28.1 Å². The summed E-state index contributed by atoms with van der Waals surface area (Å²) in [7, 11) is 1.66. The minimum Gasteiger partial charge on any atom is -0.497 e. The second-order valence-corrected chi connectivity index (χ2v) is 10.2. The van der Waals surface area contributed by atoms with E-state index in [1.165, 1.54) is 0 Å². The summed E-state index contributed by atoms with van der Waals surface area (Å²) in [5.41, 5.74) is 5.66. The Morgan fingerprint density at radius 3 is 2.14 bits per heavy atom. The summed E-state index contributed by atoms with van der Waals surface area (Å²) in [4.78, 5) is 23.9. The van der Waals surface area contributed by atoms with Crippen LogP contribution in [0.5, 0.6) is 5.75 Å². The number of aromatic nitrogens is 3. The first-order chi connectivity index (χ1) is 21.2. The van der Waals surface area contributed by atoms with E-state index < -0.39 is 0 Å². The summed E-state index contributed by atoms with van der Waals surface area (Å²) in [6.45, 7) is 0. The van der Waals surface area contributed by atoms with Crippen LogP contribution in [0.25, 0.3) is 62.2 Å². The zero-order valence-electron chi connectivity index (χ0n) is 23.5. The Hall–Kier alpha value is -5.81. The van der Waals surface area contributed by atoms with Crippen molar-refractivity contribution in [1.29, 1.82) is 0 Å². The Morgan fingerprint density at radius 2 is 1.37 bits per heavy atom. The molecule has 0 aliphatic heterocycles. The van der Waals surface area contributed by atoms with Crippen LogP contribution in [0.4, 0.5) is 0 Å². The van der Waals surface area contributed by atoms with E-state index in [1.807, 2.05) is 109 Å². The molecule has 7 aromatic rings. The van der Waals surface area contributed by atoms with Gasteiger partial charge >= 0.3 is 0 Å². The number of rotatable bonds is 6. The van der Waals surface area contributed by atoms with Crippen LogP contribution in [0.15, 0.2) is 138 Å². The van der Waals surface area contributed by atoms with Crippen molar-refractivity contribution >= 4 is 33.8 Å². The van der Waals surface area contributed by atoms with E-state index in [1.54, 1.807) is 17.9 Å². The van der Waals surface area contributed by atoms with Gasteiger partial charge in [0.25, 0.3) is 5.56 Å². The molecule has 5 heteroatoms. The second kappa shape index (κ2) is 11.2. The number of fused-ring (bicyclic) bond motifs is 3. The Balaban J connectivity index is 1.40. The van der Waals surface area contributed by atoms with Crippen molar-refractivity contribution in [2.24, 2.45) is 0 Å². The first kappa shape index (κ1) is 26.1. The molecular formula is C38H27N3O2. The third-order valence-corrected chi connectivity index (χ3v) is 7.60. The van der Waals surface area contributed by atoms with Crippen molar-refractivity contribution in [3.63, 3.8) is 0 Å². The van der Waals surface area contributed by atoms with E-state index in [-0.39, 0.29) is 5.56 Å². The minimum atomic E-state index is -0.143. The molecule has 0 aliphatic carbocycles. The van der Waals surface area contributed by atoms with Gasteiger partial charge in [0.05, 0.1) is 29.6 Å². The molecule has 0 atom stereocenters. The zero-order valence-corrected chi connectivity index (χ0v) is 23.5. The summed E-state index contributed by atoms with van der Waals surface area (Å²) >= 11 is 0. The first-order valence-electron chi connectivity index (χ1n) is 14.1. The number of nitrogens with zero attached hydrogens (tertiary/aromatic N) is 3. The molecule has 5 aromatic carbocycles. The van der Waals surface area contributed by atoms with Gasteiger partial charge in [-0.05, 0) is 59.5 Å². The van der Waals surface area contributed by atoms with Crippen LogP contribution in [-0.4, -0.2) is 21.6 Å². The second-order valence-electron chi connectivity index (χ2n) is 10.2. The monoisotopic (exact) mass is 557 g/mol. The van der Waals surface area contributed by atoms with Crippen LogP contribution in [0.1, 0.15) is 11.1 Å². The van der Waals surface area contributed by atoms with Gasteiger partial charge in [-0.2, -0.15) is 0 Å². The molecule has 0 amide bonds. The van der Waals surface area contributed by atoms with Crippen LogP contribution in [-0.2, 0) is 0 Å². The van der Waals surface area contributed by atoms with Crippen molar-refractivity contribution in [2.75, 3.05) is 7.11 Å². The van der Waals surface area contributed by atoms with Crippen molar-refractivity contribution < 1.29 is 4.74 Å². The third-order valence-electron chi connectivity index (χ3n) is 7.60. The van der Waals surface area contributed by atoms with Crippen molar-refractivity contribution in [1.82, 2.24) is 14.5 Å². The average Bonchev–Trinajstić information content (AvgIpc) is 3.08. The lowest BCUT2D eigenvalue weighted by atomic mass is 9.99. The quantitative estimate of drug-likeness (QED) is 0.193. The zero-order chi connectivity index (χ0) is 29.2. The fraction of sp³-hybridized carbons (Fsp3) is 0.0263. The van der Waals surface area contributed by atoms with Gasteiger partial charge in [-0.15, -0.1) is 0 Å². The van der Waals surface area contributed by atoms with Crippen LogP contribution in [0, 0.1) is 0 Å². The highest BCUT2D eigenvalue weighted by Crippen LogP contribution is 2.32. The molecule has 0 fully saturated rings. The Morgan fingerprint density at radius 1 is 0.674 bits per heavy atom. The highest BCUT2D eigenvalue weighted by atomic mass is 16.5. The smallest absolute Gasteiger partial charge is 0.265 e. The third kappa shape index (κ3) is 4.98. The van der Waals surface area contributed by atoms with Gasteiger partial charge < -0.3 is 4.74 Å². The molecule has 0 saturated carbocycles. The normalized spacial score (nSPS) is 11.4. The molecule has 7 rings (SSSR count). The first-order valence-corrected chi connectivity index (χ1v) is 14.1. The molecule has 0 bridgehead atoms. The van der Waals surface area contributed by atoms with Gasteiger partial charge in [0.15, 0.2) is 0 Å². The predicted molar refractivity (Wildman–Crippen MR) is 175 cm³/mol. The van der Waals surface area contributed by atoms with E-state index in [9.17, 15) is 4.79 Å². The molecule has 0 radical (unpaired) electrons. The number of benzene rings is 5. The summed E-state index contributed by atoms with van der Waals surface area (Å²) in [6, 6.07) is 41.8. The van der Waals surface area contributed by atoms with Crippen LogP contribution < -0.4 is 10.3 Å². The summed E-state index contributed by atoms with van der Waals surface area (Å²) in [6.07, 6.45) is 5.50. The van der Waals surface area contributed by atoms with Gasteiger partial charge in [-0.3, -0.25) is 9.36 Å². The molecule has 5 nitrogen and oxygen atoms in total. The average molecular weight is 558 g/mol. The number of pyridine rings is 1. The number of para-hydroxylation sites is 1.